The molecule has 3 heteroatoms. The van der Waals surface area contributed by atoms with Crippen molar-refractivity contribution in [2.45, 2.75) is 20.3 Å². The number of carbonyl (C=O) groups excluding carboxylic acids is 1. The lowest BCUT2D eigenvalue weighted by molar-refractivity contribution is -0.115. The zero-order valence-corrected chi connectivity index (χ0v) is 7.49. The molecule has 0 saturated carbocycles. The SMILES string of the molecule is CCC(=O)Nc1ccc(C)s1. The zero-order chi connectivity index (χ0) is 8.27. The summed E-state index contributed by atoms with van der Waals surface area (Å²) in [4.78, 5) is 12.1. The summed E-state index contributed by atoms with van der Waals surface area (Å²) >= 11 is 1.60. The van der Waals surface area contributed by atoms with E-state index in [4.69, 9.17) is 0 Å². The number of rotatable bonds is 2. The Hall–Kier alpha value is -0.830. The van der Waals surface area contributed by atoms with Gasteiger partial charge < -0.3 is 5.32 Å². The number of amides is 1. The van der Waals surface area contributed by atoms with E-state index in [1.807, 2.05) is 26.0 Å². The van der Waals surface area contributed by atoms with E-state index in [9.17, 15) is 4.79 Å². The van der Waals surface area contributed by atoms with Crippen molar-refractivity contribution in [1.82, 2.24) is 0 Å². The Balaban J connectivity index is 2.57. The fourth-order valence-electron chi connectivity index (χ4n) is 0.728. The van der Waals surface area contributed by atoms with E-state index in [-0.39, 0.29) is 5.91 Å². The molecule has 1 aromatic heterocycles. The summed E-state index contributed by atoms with van der Waals surface area (Å²) in [5.41, 5.74) is 0. The molecule has 1 aromatic rings. The summed E-state index contributed by atoms with van der Waals surface area (Å²) in [5, 5.41) is 3.73. The van der Waals surface area contributed by atoms with E-state index in [0.29, 0.717) is 6.42 Å². The van der Waals surface area contributed by atoms with Crippen molar-refractivity contribution in [3.05, 3.63) is 17.0 Å². The second-order valence-electron chi connectivity index (χ2n) is 2.31. The van der Waals surface area contributed by atoms with Crippen molar-refractivity contribution in [3.8, 4) is 0 Å². The topological polar surface area (TPSA) is 29.1 Å². The lowest BCUT2D eigenvalue weighted by atomic mass is 10.4. The van der Waals surface area contributed by atoms with Gasteiger partial charge in [0.15, 0.2) is 0 Å². The Morgan fingerprint density at radius 2 is 2.36 bits per heavy atom. The third kappa shape index (κ3) is 2.35. The molecule has 1 N–H and O–H groups in total. The summed E-state index contributed by atoms with van der Waals surface area (Å²) < 4.78 is 0. The number of hydrogen-bond acceptors (Lipinski definition) is 2. The first-order chi connectivity index (χ1) is 5.22. The fraction of sp³-hybridized carbons (Fsp3) is 0.375. The number of anilines is 1. The highest BCUT2D eigenvalue weighted by molar-refractivity contribution is 7.16. The van der Waals surface area contributed by atoms with Gasteiger partial charge in [-0.1, -0.05) is 6.92 Å². The van der Waals surface area contributed by atoms with Gasteiger partial charge >= 0.3 is 0 Å². The minimum Gasteiger partial charge on any atom is -0.318 e. The molecule has 0 aliphatic carbocycles. The molecule has 0 aromatic carbocycles. The van der Waals surface area contributed by atoms with Crippen molar-refractivity contribution >= 4 is 22.2 Å². The molecule has 0 atom stereocenters. The number of aryl methyl sites for hydroxylation is 1. The second kappa shape index (κ2) is 3.53. The van der Waals surface area contributed by atoms with Gasteiger partial charge in [-0.15, -0.1) is 11.3 Å². The first-order valence-electron chi connectivity index (χ1n) is 3.58. The maximum Gasteiger partial charge on any atom is 0.224 e. The van der Waals surface area contributed by atoms with Crippen LogP contribution in [-0.2, 0) is 4.79 Å². The maximum atomic E-state index is 10.9. The highest BCUT2D eigenvalue weighted by Crippen LogP contribution is 2.20. The highest BCUT2D eigenvalue weighted by atomic mass is 32.1. The molecule has 0 aliphatic heterocycles. The molecular formula is C8H11NOS. The fourth-order valence-corrected chi connectivity index (χ4v) is 1.51. The zero-order valence-electron chi connectivity index (χ0n) is 6.68. The van der Waals surface area contributed by atoms with Gasteiger partial charge in [-0.25, -0.2) is 0 Å². The van der Waals surface area contributed by atoms with Crippen LogP contribution in [0.3, 0.4) is 0 Å². The van der Waals surface area contributed by atoms with Crippen molar-refractivity contribution < 1.29 is 4.79 Å². The molecule has 0 radical (unpaired) electrons. The van der Waals surface area contributed by atoms with Gasteiger partial charge in [0.05, 0.1) is 5.00 Å². The average molecular weight is 169 g/mol. The lowest BCUT2D eigenvalue weighted by Crippen LogP contribution is -2.07. The molecule has 0 bridgehead atoms. The Morgan fingerprint density at radius 1 is 1.64 bits per heavy atom. The molecule has 0 unspecified atom stereocenters. The quantitative estimate of drug-likeness (QED) is 0.723. The van der Waals surface area contributed by atoms with Crippen LogP contribution >= 0.6 is 11.3 Å². The molecule has 60 valence electrons. The van der Waals surface area contributed by atoms with Gasteiger partial charge in [-0.2, -0.15) is 0 Å². The molecule has 2 nitrogen and oxygen atoms in total. The van der Waals surface area contributed by atoms with Crippen LogP contribution in [0.1, 0.15) is 18.2 Å². The van der Waals surface area contributed by atoms with Gasteiger partial charge in [0, 0.05) is 11.3 Å². The first-order valence-corrected chi connectivity index (χ1v) is 4.40. The summed E-state index contributed by atoms with van der Waals surface area (Å²) in [6, 6.07) is 3.92. The maximum absolute atomic E-state index is 10.9. The molecule has 1 heterocycles. The lowest BCUT2D eigenvalue weighted by Gasteiger charge is -1.96. The van der Waals surface area contributed by atoms with Crippen LogP contribution in [0.4, 0.5) is 5.00 Å². The number of thiophene rings is 1. The van der Waals surface area contributed by atoms with Crippen LogP contribution in [0.2, 0.25) is 0 Å². The molecular weight excluding hydrogens is 158 g/mol. The van der Waals surface area contributed by atoms with Gasteiger partial charge in [-0.05, 0) is 19.1 Å². The van der Waals surface area contributed by atoms with E-state index in [2.05, 4.69) is 5.32 Å². The number of hydrogen-bond donors (Lipinski definition) is 1. The Bertz CT molecular complexity index is 254. The third-order valence-electron chi connectivity index (χ3n) is 1.32. The Morgan fingerprint density at radius 3 is 2.82 bits per heavy atom. The van der Waals surface area contributed by atoms with Crippen molar-refractivity contribution in [3.63, 3.8) is 0 Å². The normalized spacial score (nSPS) is 9.64. The highest BCUT2D eigenvalue weighted by Gasteiger charge is 1.99. The smallest absolute Gasteiger partial charge is 0.224 e. The average Bonchev–Trinajstić information content (AvgIpc) is 2.35. The van der Waals surface area contributed by atoms with Crippen LogP contribution < -0.4 is 5.32 Å². The van der Waals surface area contributed by atoms with Crippen molar-refractivity contribution in [1.29, 1.82) is 0 Å². The molecule has 11 heavy (non-hydrogen) atoms. The monoisotopic (exact) mass is 169 g/mol. The molecule has 1 rings (SSSR count). The largest absolute Gasteiger partial charge is 0.318 e. The van der Waals surface area contributed by atoms with Crippen LogP contribution in [0, 0.1) is 6.92 Å². The van der Waals surface area contributed by atoms with Crippen molar-refractivity contribution in [2.75, 3.05) is 5.32 Å². The predicted molar refractivity (Wildman–Crippen MR) is 48.0 cm³/mol. The number of nitrogens with one attached hydrogen (secondary N) is 1. The molecule has 0 spiro atoms. The minimum absolute atomic E-state index is 0.0758. The van der Waals surface area contributed by atoms with E-state index in [1.165, 1.54) is 4.88 Å². The standard InChI is InChI=1S/C8H11NOS/c1-3-7(10)9-8-5-4-6(2)11-8/h4-5H,3H2,1-2H3,(H,9,10). The molecule has 1 amide bonds. The van der Waals surface area contributed by atoms with Crippen LogP contribution in [0.5, 0.6) is 0 Å². The molecule has 0 saturated heterocycles. The summed E-state index contributed by atoms with van der Waals surface area (Å²) in [6.45, 7) is 3.86. The second-order valence-corrected chi connectivity index (χ2v) is 3.60. The van der Waals surface area contributed by atoms with E-state index < -0.39 is 0 Å². The van der Waals surface area contributed by atoms with Crippen molar-refractivity contribution in [2.24, 2.45) is 0 Å². The number of carbonyl (C=O) groups is 1. The van der Waals surface area contributed by atoms with Gasteiger partial charge in [0.2, 0.25) is 5.91 Å². The van der Waals surface area contributed by atoms with Crippen LogP contribution in [0.25, 0.3) is 0 Å². The Labute approximate surface area is 70.2 Å². The van der Waals surface area contributed by atoms with Gasteiger partial charge in [0.1, 0.15) is 0 Å². The van der Waals surface area contributed by atoms with Gasteiger partial charge in [-0.3, -0.25) is 4.79 Å². The van der Waals surface area contributed by atoms with E-state index in [0.717, 1.165) is 5.00 Å². The predicted octanol–water partition coefficient (Wildman–Crippen LogP) is 2.41. The van der Waals surface area contributed by atoms with Crippen LogP contribution in [-0.4, -0.2) is 5.91 Å². The minimum atomic E-state index is 0.0758. The molecule has 0 aliphatic rings. The summed E-state index contributed by atoms with van der Waals surface area (Å²) in [6.07, 6.45) is 0.539. The van der Waals surface area contributed by atoms with Crippen LogP contribution in [0.15, 0.2) is 12.1 Å². The summed E-state index contributed by atoms with van der Waals surface area (Å²) in [7, 11) is 0. The summed E-state index contributed by atoms with van der Waals surface area (Å²) in [5.74, 6) is 0.0758. The van der Waals surface area contributed by atoms with E-state index >= 15 is 0 Å². The van der Waals surface area contributed by atoms with Gasteiger partial charge in [0.25, 0.3) is 0 Å². The molecule has 0 fully saturated rings. The third-order valence-corrected chi connectivity index (χ3v) is 2.24. The van der Waals surface area contributed by atoms with E-state index in [1.54, 1.807) is 11.3 Å². The Kier molecular flexibility index (Phi) is 2.65. The first kappa shape index (κ1) is 8.27.